The van der Waals surface area contributed by atoms with E-state index in [2.05, 4.69) is 34.1 Å². The van der Waals surface area contributed by atoms with Crippen LogP contribution in [0.1, 0.15) is 0 Å². The largest absolute Gasteiger partial charge is 0.369 e. The predicted octanol–water partition coefficient (Wildman–Crippen LogP) is 0.335. The lowest BCUT2D eigenvalue weighted by Crippen LogP contribution is -2.50. The number of nitrogens with zero attached hydrogens (tertiary/aromatic N) is 2. The van der Waals surface area contributed by atoms with Gasteiger partial charge in [0, 0.05) is 38.4 Å². The zero-order valence-corrected chi connectivity index (χ0v) is 9.96. The Bertz CT molecular complexity index is 347. The minimum Gasteiger partial charge on any atom is -0.369 e. The third kappa shape index (κ3) is 3.28. The van der Waals surface area contributed by atoms with E-state index >= 15 is 0 Å². The van der Waals surface area contributed by atoms with Gasteiger partial charge in [-0.2, -0.15) is 0 Å². The van der Waals surface area contributed by atoms with E-state index in [4.69, 9.17) is 5.73 Å². The summed E-state index contributed by atoms with van der Waals surface area (Å²) in [5.41, 5.74) is 6.90. The first-order valence-corrected chi connectivity index (χ1v) is 6.03. The van der Waals surface area contributed by atoms with E-state index in [1.165, 1.54) is 5.69 Å². The molecule has 2 N–H and O–H groups in total. The molecule has 1 aliphatic heterocycles. The molecule has 1 aliphatic rings. The predicted molar refractivity (Wildman–Crippen MR) is 69.1 cm³/mol. The Labute approximate surface area is 102 Å². The Hall–Kier alpha value is -1.39. The van der Waals surface area contributed by atoms with Crippen LogP contribution in [0.2, 0.25) is 0 Å². The van der Waals surface area contributed by atoms with Gasteiger partial charge in [0.2, 0.25) is 0 Å². The standard InChI is InChI=1S/C13H19N3O/c14-12(11-17)10-15-6-8-16(9-7-15)13-4-2-1-3-5-13/h1-5,11-12H,6-10,14H2/t12-/m0/s1. The van der Waals surface area contributed by atoms with Crippen LogP contribution in [-0.4, -0.2) is 50.0 Å². The lowest BCUT2D eigenvalue weighted by atomic mass is 10.2. The Morgan fingerprint density at radius 2 is 1.82 bits per heavy atom. The number of anilines is 1. The molecule has 0 unspecified atom stereocenters. The zero-order valence-electron chi connectivity index (χ0n) is 9.96. The van der Waals surface area contributed by atoms with E-state index in [0.717, 1.165) is 32.5 Å². The SMILES string of the molecule is N[C@H](C=O)CN1CCN(c2ccccc2)CC1. The summed E-state index contributed by atoms with van der Waals surface area (Å²) in [5, 5.41) is 0. The lowest BCUT2D eigenvalue weighted by Gasteiger charge is -2.36. The van der Waals surface area contributed by atoms with Crippen LogP contribution in [0, 0.1) is 0 Å². The first kappa shape index (κ1) is 12.1. The number of carbonyl (C=O) groups is 1. The van der Waals surface area contributed by atoms with Gasteiger partial charge in [-0.05, 0) is 12.1 Å². The van der Waals surface area contributed by atoms with Crippen LogP contribution in [0.15, 0.2) is 30.3 Å². The number of benzene rings is 1. The number of hydrogen-bond donors (Lipinski definition) is 1. The summed E-state index contributed by atoms with van der Waals surface area (Å²) in [6, 6.07) is 10.1. The summed E-state index contributed by atoms with van der Waals surface area (Å²) >= 11 is 0. The van der Waals surface area contributed by atoms with Crippen LogP contribution >= 0.6 is 0 Å². The third-order valence-electron chi connectivity index (χ3n) is 3.14. The summed E-state index contributed by atoms with van der Waals surface area (Å²) in [7, 11) is 0. The summed E-state index contributed by atoms with van der Waals surface area (Å²) < 4.78 is 0. The van der Waals surface area contributed by atoms with Crippen LogP contribution in [0.4, 0.5) is 5.69 Å². The van der Waals surface area contributed by atoms with Crippen LogP contribution in [0.3, 0.4) is 0 Å². The van der Waals surface area contributed by atoms with Crippen molar-refractivity contribution in [1.29, 1.82) is 0 Å². The quantitative estimate of drug-likeness (QED) is 0.762. The second-order valence-corrected chi connectivity index (χ2v) is 4.42. The first-order chi connectivity index (χ1) is 8.29. The molecule has 1 heterocycles. The molecule has 0 saturated carbocycles. The average molecular weight is 233 g/mol. The molecule has 4 heteroatoms. The van der Waals surface area contributed by atoms with Crippen molar-refractivity contribution in [3.8, 4) is 0 Å². The smallest absolute Gasteiger partial charge is 0.137 e. The molecule has 0 amide bonds. The van der Waals surface area contributed by atoms with Gasteiger partial charge in [-0.25, -0.2) is 0 Å². The van der Waals surface area contributed by atoms with Crippen LogP contribution in [-0.2, 0) is 4.79 Å². The van der Waals surface area contributed by atoms with E-state index < -0.39 is 0 Å². The number of rotatable bonds is 4. The summed E-state index contributed by atoms with van der Waals surface area (Å²) in [6.07, 6.45) is 0.823. The molecule has 0 spiro atoms. The van der Waals surface area contributed by atoms with Gasteiger partial charge < -0.3 is 15.4 Å². The fourth-order valence-corrected chi connectivity index (χ4v) is 2.17. The molecule has 0 bridgehead atoms. The normalized spacial score (nSPS) is 19.0. The second kappa shape index (κ2) is 5.80. The highest BCUT2D eigenvalue weighted by atomic mass is 16.1. The topological polar surface area (TPSA) is 49.6 Å². The van der Waals surface area contributed by atoms with Crippen molar-refractivity contribution in [2.24, 2.45) is 5.73 Å². The number of aldehydes is 1. The minimum atomic E-state index is -0.349. The fourth-order valence-electron chi connectivity index (χ4n) is 2.17. The monoisotopic (exact) mass is 233 g/mol. The van der Waals surface area contributed by atoms with Crippen molar-refractivity contribution >= 4 is 12.0 Å². The summed E-state index contributed by atoms with van der Waals surface area (Å²) in [5.74, 6) is 0. The van der Waals surface area contributed by atoms with Crippen molar-refractivity contribution in [2.75, 3.05) is 37.6 Å². The van der Waals surface area contributed by atoms with E-state index in [0.29, 0.717) is 6.54 Å². The number of piperazine rings is 1. The Morgan fingerprint density at radius 1 is 1.18 bits per heavy atom. The van der Waals surface area contributed by atoms with Crippen molar-refractivity contribution in [2.45, 2.75) is 6.04 Å². The van der Waals surface area contributed by atoms with Crippen molar-refractivity contribution < 1.29 is 4.79 Å². The van der Waals surface area contributed by atoms with Crippen LogP contribution in [0.5, 0.6) is 0 Å². The maximum Gasteiger partial charge on any atom is 0.137 e. The lowest BCUT2D eigenvalue weighted by molar-refractivity contribution is -0.109. The highest BCUT2D eigenvalue weighted by Gasteiger charge is 2.18. The number of para-hydroxylation sites is 1. The van der Waals surface area contributed by atoms with Gasteiger partial charge in [-0.15, -0.1) is 0 Å². The summed E-state index contributed by atoms with van der Waals surface area (Å²) in [6.45, 7) is 4.60. The molecule has 1 atom stereocenters. The molecule has 1 aromatic rings. The van der Waals surface area contributed by atoms with Crippen LogP contribution in [0.25, 0.3) is 0 Å². The Balaban J connectivity index is 1.84. The maximum absolute atomic E-state index is 10.5. The van der Waals surface area contributed by atoms with Crippen molar-refractivity contribution in [3.63, 3.8) is 0 Å². The molecule has 4 nitrogen and oxygen atoms in total. The highest BCUT2D eigenvalue weighted by Crippen LogP contribution is 2.15. The summed E-state index contributed by atoms with van der Waals surface area (Å²) in [4.78, 5) is 15.1. The van der Waals surface area contributed by atoms with E-state index in [-0.39, 0.29) is 6.04 Å². The van der Waals surface area contributed by atoms with E-state index in [1.807, 2.05) is 6.07 Å². The van der Waals surface area contributed by atoms with Gasteiger partial charge in [-0.1, -0.05) is 18.2 Å². The Kier molecular flexibility index (Phi) is 4.12. The first-order valence-electron chi connectivity index (χ1n) is 6.03. The molecule has 2 rings (SSSR count). The van der Waals surface area contributed by atoms with Crippen molar-refractivity contribution in [1.82, 2.24) is 4.90 Å². The van der Waals surface area contributed by atoms with Gasteiger partial charge in [0.25, 0.3) is 0 Å². The van der Waals surface area contributed by atoms with Gasteiger partial charge in [-0.3, -0.25) is 4.90 Å². The number of nitrogens with two attached hydrogens (primary N) is 1. The highest BCUT2D eigenvalue weighted by molar-refractivity contribution is 5.57. The zero-order chi connectivity index (χ0) is 12.1. The maximum atomic E-state index is 10.5. The molecule has 0 radical (unpaired) electrons. The van der Waals surface area contributed by atoms with Gasteiger partial charge >= 0.3 is 0 Å². The molecular formula is C13H19N3O. The molecule has 0 aliphatic carbocycles. The van der Waals surface area contributed by atoms with Gasteiger partial charge in [0.1, 0.15) is 6.29 Å². The minimum absolute atomic E-state index is 0.349. The fraction of sp³-hybridized carbons (Fsp3) is 0.462. The van der Waals surface area contributed by atoms with Crippen LogP contribution < -0.4 is 10.6 Å². The molecule has 17 heavy (non-hydrogen) atoms. The molecule has 1 saturated heterocycles. The van der Waals surface area contributed by atoms with Gasteiger partial charge in [0.05, 0.1) is 6.04 Å². The third-order valence-corrected chi connectivity index (χ3v) is 3.14. The molecular weight excluding hydrogens is 214 g/mol. The molecule has 1 aromatic carbocycles. The van der Waals surface area contributed by atoms with E-state index in [1.54, 1.807) is 0 Å². The molecule has 0 aromatic heterocycles. The van der Waals surface area contributed by atoms with Crippen molar-refractivity contribution in [3.05, 3.63) is 30.3 Å². The Morgan fingerprint density at radius 3 is 2.41 bits per heavy atom. The number of hydrogen-bond acceptors (Lipinski definition) is 4. The van der Waals surface area contributed by atoms with Gasteiger partial charge in [0.15, 0.2) is 0 Å². The molecule has 92 valence electrons. The second-order valence-electron chi connectivity index (χ2n) is 4.42. The molecule has 1 fully saturated rings. The number of carbonyl (C=O) groups excluding carboxylic acids is 1. The van der Waals surface area contributed by atoms with E-state index in [9.17, 15) is 4.79 Å². The average Bonchev–Trinajstić information content (AvgIpc) is 2.40.